The molecule has 5 nitrogen and oxygen atoms in total. The van der Waals surface area contributed by atoms with E-state index in [0.717, 1.165) is 56.8 Å². The molecule has 0 unspecified atom stereocenters. The van der Waals surface area contributed by atoms with Gasteiger partial charge in [0.15, 0.2) is 0 Å². The van der Waals surface area contributed by atoms with Crippen LogP contribution in [0.4, 0.5) is 0 Å². The zero-order chi connectivity index (χ0) is 19.6. The second-order valence-corrected chi connectivity index (χ2v) is 10.4. The van der Waals surface area contributed by atoms with Crippen LogP contribution >= 0.6 is 0 Å². The summed E-state index contributed by atoms with van der Waals surface area (Å²) in [5.41, 5.74) is 0. The standard InChI is InChI=1S/C24H40N2O3/c27-24-17-29-23-4-2-1-3-22(23)26(24)21-11-13-25(14-12-21)20-9-7-19(8-10-20)16-28-15-18-5-6-18/h18-23H,1-17H2/t19-,20+,22-,23-/m1/s1. The van der Waals surface area contributed by atoms with E-state index in [1.165, 1.54) is 64.5 Å². The van der Waals surface area contributed by atoms with Crippen molar-refractivity contribution >= 4 is 5.91 Å². The lowest BCUT2D eigenvalue weighted by atomic mass is 9.84. The highest BCUT2D eigenvalue weighted by Crippen LogP contribution is 2.35. The Labute approximate surface area is 176 Å². The Morgan fingerprint density at radius 1 is 0.793 bits per heavy atom. The summed E-state index contributed by atoms with van der Waals surface area (Å²) in [6.07, 6.45) is 15.5. The molecule has 3 saturated carbocycles. The van der Waals surface area contributed by atoms with E-state index in [1.54, 1.807) is 0 Å². The molecule has 5 fully saturated rings. The Morgan fingerprint density at radius 2 is 1.45 bits per heavy atom. The van der Waals surface area contributed by atoms with E-state index in [2.05, 4.69) is 9.80 Å². The molecule has 2 aliphatic heterocycles. The minimum Gasteiger partial charge on any atom is -0.381 e. The maximum atomic E-state index is 12.7. The molecule has 5 aliphatic rings. The molecule has 0 aromatic rings. The summed E-state index contributed by atoms with van der Waals surface area (Å²) in [6.45, 7) is 4.65. The van der Waals surface area contributed by atoms with Gasteiger partial charge in [0.25, 0.3) is 0 Å². The zero-order valence-electron chi connectivity index (χ0n) is 18.1. The number of likely N-dealkylation sites (tertiary alicyclic amines) is 1. The van der Waals surface area contributed by atoms with Crippen LogP contribution in [0.3, 0.4) is 0 Å². The number of nitrogens with zero attached hydrogens (tertiary/aromatic N) is 2. The predicted octanol–water partition coefficient (Wildman–Crippen LogP) is 3.61. The first-order valence-corrected chi connectivity index (χ1v) is 12.5. The van der Waals surface area contributed by atoms with Crippen molar-refractivity contribution in [3.8, 4) is 0 Å². The SMILES string of the molecule is O=C1CO[C@@H]2CCCC[C@H]2N1C1CCN([C@H]2CC[C@@H](COCC3CC3)CC2)CC1. The molecule has 1 amide bonds. The van der Waals surface area contributed by atoms with Gasteiger partial charge >= 0.3 is 0 Å². The number of morpholine rings is 1. The van der Waals surface area contributed by atoms with Gasteiger partial charge in [0.1, 0.15) is 6.61 Å². The van der Waals surface area contributed by atoms with Gasteiger partial charge < -0.3 is 19.3 Å². The third-order valence-electron chi connectivity index (χ3n) is 8.36. The first-order chi connectivity index (χ1) is 14.3. The van der Waals surface area contributed by atoms with Gasteiger partial charge in [-0.05, 0) is 76.0 Å². The van der Waals surface area contributed by atoms with E-state index >= 15 is 0 Å². The molecular formula is C24H40N2O3. The number of carbonyl (C=O) groups is 1. The lowest BCUT2D eigenvalue weighted by molar-refractivity contribution is -0.167. The van der Waals surface area contributed by atoms with Gasteiger partial charge in [-0.2, -0.15) is 0 Å². The number of carbonyl (C=O) groups excluding carboxylic acids is 1. The maximum Gasteiger partial charge on any atom is 0.249 e. The number of fused-ring (bicyclic) bond motifs is 1. The molecule has 2 heterocycles. The van der Waals surface area contributed by atoms with Crippen LogP contribution in [0.25, 0.3) is 0 Å². The third kappa shape index (κ3) is 4.83. The summed E-state index contributed by atoms with van der Waals surface area (Å²) < 4.78 is 11.8. The Hall–Kier alpha value is -0.650. The van der Waals surface area contributed by atoms with Crippen LogP contribution < -0.4 is 0 Å². The van der Waals surface area contributed by atoms with Crippen LogP contribution in [0.2, 0.25) is 0 Å². The van der Waals surface area contributed by atoms with Gasteiger partial charge in [0.2, 0.25) is 5.91 Å². The molecule has 0 bridgehead atoms. The van der Waals surface area contributed by atoms with Gasteiger partial charge in [0, 0.05) is 38.4 Å². The molecular weight excluding hydrogens is 364 g/mol. The van der Waals surface area contributed by atoms with E-state index in [0.29, 0.717) is 24.8 Å². The molecule has 5 heteroatoms. The van der Waals surface area contributed by atoms with E-state index in [4.69, 9.17) is 9.47 Å². The monoisotopic (exact) mass is 404 g/mol. The van der Waals surface area contributed by atoms with E-state index in [9.17, 15) is 4.79 Å². The quantitative estimate of drug-likeness (QED) is 0.678. The first kappa shape index (κ1) is 20.3. The number of rotatable bonds is 6. The molecule has 5 rings (SSSR count). The van der Waals surface area contributed by atoms with E-state index < -0.39 is 0 Å². The molecule has 0 N–H and O–H groups in total. The van der Waals surface area contributed by atoms with Gasteiger partial charge in [-0.1, -0.05) is 12.8 Å². The molecule has 0 spiro atoms. The van der Waals surface area contributed by atoms with Crippen molar-refractivity contribution in [1.82, 2.24) is 9.80 Å². The smallest absolute Gasteiger partial charge is 0.249 e. The first-order valence-electron chi connectivity index (χ1n) is 12.5. The molecule has 29 heavy (non-hydrogen) atoms. The Kier molecular flexibility index (Phi) is 6.45. The molecule has 3 aliphatic carbocycles. The second-order valence-electron chi connectivity index (χ2n) is 10.4. The number of amides is 1. The van der Waals surface area contributed by atoms with Crippen LogP contribution in [-0.2, 0) is 14.3 Å². The van der Waals surface area contributed by atoms with Crippen molar-refractivity contribution < 1.29 is 14.3 Å². The van der Waals surface area contributed by atoms with Gasteiger partial charge in [-0.25, -0.2) is 0 Å². The van der Waals surface area contributed by atoms with E-state index in [-0.39, 0.29) is 5.91 Å². The topological polar surface area (TPSA) is 42.0 Å². The Morgan fingerprint density at radius 3 is 2.14 bits per heavy atom. The molecule has 164 valence electrons. The van der Waals surface area contributed by atoms with Crippen molar-refractivity contribution in [2.45, 2.75) is 101 Å². The summed E-state index contributed by atoms with van der Waals surface area (Å²) in [7, 11) is 0. The third-order valence-corrected chi connectivity index (χ3v) is 8.36. The molecule has 2 atom stereocenters. The van der Waals surface area contributed by atoms with Crippen molar-refractivity contribution in [1.29, 1.82) is 0 Å². The van der Waals surface area contributed by atoms with Crippen LogP contribution in [0.15, 0.2) is 0 Å². The van der Waals surface area contributed by atoms with Gasteiger partial charge in [-0.15, -0.1) is 0 Å². The highest BCUT2D eigenvalue weighted by atomic mass is 16.5. The molecule has 0 radical (unpaired) electrons. The predicted molar refractivity (Wildman–Crippen MR) is 113 cm³/mol. The minimum absolute atomic E-state index is 0.248. The Balaban J connectivity index is 1.07. The molecule has 0 aromatic carbocycles. The average Bonchev–Trinajstić information content (AvgIpc) is 3.59. The molecule has 0 aromatic heterocycles. The van der Waals surface area contributed by atoms with Crippen LogP contribution in [0.5, 0.6) is 0 Å². The van der Waals surface area contributed by atoms with Gasteiger partial charge in [-0.3, -0.25) is 4.79 Å². The lowest BCUT2D eigenvalue weighted by Gasteiger charge is -2.50. The highest BCUT2D eigenvalue weighted by Gasteiger charge is 2.42. The zero-order valence-corrected chi connectivity index (χ0v) is 18.1. The number of hydrogen-bond acceptors (Lipinski definition) is 4. The summed E-state index contributed by atoms with van der Waals surface area (Å²) in [5.74, 6) is 1.92. The maximum absolute atomic E-state index is 12.7. The fourth-order valence-corrected chi connectivity index (χ4v) is 6.39. The summed E-state index contributed by atoms with van der Waals surface area (Å²) in [5, 5.41) is 0. The number of ether oxygens (including phenoxy) is 2. The normalized spacial score (nSPS) is 37.5. The fourth-order valence-electron chi connectivity index (χ4n) is 6.39. The Bertz CT molecular complexity index is 550. The highest BCUT2D eigenvalue weighted by molar-refractivity contribution is 5.79. The largest absolute Gasteiger partial charge is 0.381 e. The van der Waals surface area contributed by atoms with Crippen molar-refractivity contribution in [3.05, 3.63) is 0 Å². The molecule has 2 saturated heterocycles. The number of piperidine rings is 1. The van der Waals surface area contributed by atoms with Crippen LogP contribution in [-0.4, -0.2) is 72.8 Å². The summed E-state index contributed by atoms with van der Waals surface area (Å²) in [4.78, 5) is 17.7. The minimum atomic E-state index is 0.248. The van der Waals surface area contributed by atoms with Crippen molar-refractivity contribution in [2.24, 2.45) is 11.8 Å². The lowest BCUT2D eigenvalue weighted by Crippen LogP contribution is -2.61. The van der Waals surface area contributed by atoms with E-state index in [1.807, 2.05) is 0 Å². The fraction of sp³-hybridized carbons (Fsp3) is 0.958. The second kappa shape index (κ2) is 9.23. The summed E-state index contributed by atoms with van der Waals surface area (Å²) in [6, 6.07) is 1.56. The van der Waals surface area contributed by atoms with Gasteiger partial charge in [0.05, 0.1) is 12.1 Å². The van der Waals surface area contributed by atoms with Crippen molar-refractivity contribution in [3.63, 3.8) is 0 Å². The van der Waals surface area contributed by atoms with Crippen LogP contribution in [0.1, 0.15) is 77.0 Å². The summed E-state index contributed by atoms with van der Waals surface area (Å²) >= 11 is 0. The van der Waals surface area contributed by atoms with Crippen molar-refractivity contribution in [2.75, 3.05) is 32.9 Å². The van der Waals surface area contributed by atoms with Crippen LogP contribution in [0, 0.1) is 11.8 Å². The number of hydrogen-bond donors (Lipinski definition) is 0. The average molecular weight is 405 g/mol.